The molecule has 1 heterocycles. The van der Waals surface area contributed by atoms with Crippen LogP contribution in [0.3, 0.4) is 0 Å². The van der Waals surface area contributed by atoms with Crippen LogP contribution in [0.4, 0.5) is 17.6 Å². The lowest BCUT2D eigenvalue weighted by atomic mass is 10.1. The Hall–Kier alpha value is -2.06. The van der Waals surface area contributed by atoms with Crippen LogP contribution in [-0.4, -0.2) is 22.4 Å². The van der Waals surface area contributed by atoms with Gasteiger partial charge in [0.25, 0.3) is 5.56 Å². The highest BCUT2D eigenvalue weighted by atomic mass is 19.4. The Bertz CT molecular complexity index is 508. The van der Waals surface area contributed by atoms with Gasteiger partial charge in [-0.2, -0.15) is 0 Å². The number of alkyl halides is 4. The second-order valence-electron chi connectivity index (χ2n) is 3.22. The van der Waals surface area contributed by atoms with Crippen molar-refractivity contribution in [3.05, 3.63) is 27.7 Å². The lowest BCUT2D eigenvalue weighted by Crippen LogP contribution is -2.24. The maximum Gasteiger partial charge on any atom is 0.573 e. The van der Waals surface area contributed by atoms with Gasteiger partial charge in [-0.1, -0.05) is 0 Å². The molecule has 1 aromatic rings. The lowest BCUT2D eigenvalue weighted by molar-refractivity contribution is -0.275. The predicted molar refractivity (Wildman–Crippen MR) is 49.9 cm³/mol. The van der Waals surface area contributed by atoms with Crippen molar-refractivity contribution in [3.63, 3.8) is 0 Å². The summed E-state index contributed by atoms with van der Waals surface area (Å²) in [5.41, 5.74) is -1.96. The van der Waals surface area contributed by atoms with Crippen LogP contribution < -0.4 is 10.3 Å². The van der Waals surface area contributed by atoms with Gasteiger partial charge in [-0.3, -0.25) is 9.59 Å². The fourth-order valence-corrected chi connectivity index (χ4v) is 1.23. The fraction of sp³-hybridized carbons (Fsp3) is 0.333. The summed E-state index contributed by atoms with van der Waals surface area (Å²) in [6.45, 7) is -1.20. The zero-order chi connectivity index (χ0) is 13.9. The van der Waals surface area contributed by atoms with Gasteiger partial charge in [-0.15, -0.1) is 13.2 Å². The molecule has 0 saturated carbocycles. The molecule has 18 heavy (non-hydrogen) atoms. The average molecular weight is 269 g/mol. The number of halogens is 4. The molecule has 100 valence electrons. The van der Waals surface area contributed by atoms with E-state index in [1.165, 1.54) is 0 Å². The highest BCUT2D eigenvalue weighted by Crippen LogP contribution is 2.21. The second-order valence-corrected chi connectivity index (χ2v) is 3.22. The smallest absolute Gasteiger partial charge is 0.481 e. The number of aliphatic carboxylic acids is 1. The van der Waals surface area contributed by atoms with E-state index in [0.29, 0.717) is 6.07 Å². The Kier molecular flexibility index (Phi) is 3.94. The summed E-state index contributed by atoms with van der Waals surface area (Å²) < 4.78 is 51.7. The molecule has 0 aliphatic heterocycles. The van der Waals surface area contributed by atoms with E-state index in [1.54, 1.807) is 4.98 Å². The molecule has 0 fully saturated rings. The van der Waals surface area contributed by atoms with Crippen molar-refractivity contribution in [1.82, 2.24) is 4.98 Å². The van der Waals surface area contributed by atoms with Crippen LogP contribution in [0.2, 0.25) is 0 Å². The van der Waals surface area contributed by atoms with Gasteiger partial charge >= 0.3 is 12.3 Å². The number of rotatable bonds is 4. The van der Waals surface area contributed by atoms with Crippen LogP contribution in [0, 0.1) is 0 Å². The van der Waals surface area contributed by atoms with Gasteiger partial charge in [0.15, 0.2) is 5.75 Å². The number of pyridine rings is 1. The molecular weight excluding hydrogens is 262 g/mol. The summed E-state index contributed by atoms with van der Waals surface area (Å²) in [4.78, 5) is 23.4. The van der Waals surface area contributed by atoms with Crippen molar-refractivity contribution in [2.75, 3.05) is 0 Å². The normalized spacial score (nSPS) is 11.3. The molecule has 0 radical (unpaired) electrons. The van der Waals surface area contributed by atoms with E-state index >= 15 is 0 Å². The summed E-state index contributed by atoms with van der Waals surface area (Å²) in [6, 6.07) is 0.565. The highest BCUT2D eigenvalue weighted by molar-refractivity contribution is 5.70. The molecule has 0 bridgehead atoms. The van der Waals surface area contributed by atoms with Gasteiger partial charge in [0.2, 0.25) is 0 Å². The Balaban J connectivity index is 3.21. The van der Waals surface area contributed by atoms with Crippen LogP contribution in [0.5, 0.6) is 5.75 Å². The quantitative estimate of drug-likeness (QED) is 0.809. The maximum absolute atomic E-state index is 12.5. The summed E-state index contributed by atoms with van der Waals surface area (Å²) in [5.74, 6) is -2.51. The first-order valence-corrected chi connectivity index (χ1v) is 4.51. The fourth-order valence-electron chi connectivity index (χ4n) is 1.23. The van der Waals surface area contributed by atoms with Crippen molar-refractivity contribution in [2.45, 2.75) is 19.5 Å². The first-order valence-electron chi connectivity index (χ1n) is 4.51. The van der Waals surface area contributed by atoms with E-state index in [-0.39, 0.29) is 5.56 Å². The Morgan fingerprint density at radius 1 is 1.44 bits per heavy atom. The minimum absolute atomic E-state index is 0.288. The van der Waals surface area contributed by atoms with E-state index in [4.69, 9.17) is 5.11 Å². The van der Waals surface area contributed by atoms with Crippen LogP contribution in [0.1, 0.15) is 11.3 Å². The second kappa shape index (κ2) is 5.07. The van der Waals surface area contributed by atoms with Crippen LogP contribution in [-0.2, 0) is 17.9 Å². The molecule has 0 unspecified atom stereocenters. The van der Waals surface area contributed by atoms with E-state index in [0.717, 1.165) is 0 Å². The third-order valence-electron chi connectivity index (χ3n) is 1.88. The first kappa shape index (κ1) is 14.0. The van der Waals surface area contributed by atoms with Gasteiger partial charge in [0.05, 0.1) is 12.1 Å². The molecule has 2 N–H and O–H groups in total. The van der Waals surface area contributed by atoms with Crippen LogP contribution >= 0.6 is 0 Å². The standard InChI is InChI=1S/C9H7F4NO4/c10-3-5-4(2-7(15)16)1-6(8(17)14-5)18-9(11,12)13/h1H,2-3H2,(H,14,17)(H,15,16). The number of aromatic amines is 1. The van der Waals surface area contributed by atoms with Crippen molar-refractivity contribution in [1.29, 1.82) is 0 Å². The third kappa shape index (κ3) is 3.75. The topological polar surface area (TPSA) is 79.4 Å². The zero-order valence-electron chi connectivity index (χ0n) is 8.68. The highest BCUT2D eigenvalue weighted by Gasteiger charge is 2.32. The van der Waals surface area contributed by atoms with Crippen molar-refractivity contribution in [3.8, 4) is 5.75 Å². The van der Waals surface area contributed by atoms with E-state index in [1.807, 2.05) is 0 Å². The third-order valence-corrected chi connectivity index (χ3v) is 1.88. The first-order chi connectivity index (χ1) is 8.23. The van der Waals surface area contributed by atoms with Crippen LogP contribution in [0.25, 0.3) is 0 Å². The molecular formula is C9H7F4NO4. The van der Waals surface area contributed by atoms with Crippen LogP contribution in [0.15, 0.2) is 10.9 Å². The molecule has 0 spiro atoms. The Morgan fingerprint density at radius 2 is 2.06 bits per heavy atom. The Morgan fingerprint density at radius 3 is 2.50 bits per heavy atom. The Labute approximate surface area is 97.0 Å². The van der Waals surface area contributed by atoms with Gasteiger partial charge in [-0.25, -0.2) is 4.39 Å². The van der Waals surface area contributed by atoms with E-state index in [9.17, 15) is 27.2 Å². The number of carboxylic acid groups (broad SMARTS) is 1. The number of aromatic nitrogens is 1. The maximum atomic E-state index is 12.5. The molecule has 0 aromatic carbocycles. The molecule has 1 aromatic heterocycles. The molecule has 0 amide bonds. The largest absolute Gasteiger partial charge is 0.573 e. The molecule has 0 saturated heterocycles. The number of hydrogen-bond acceptors (Lipinski definition) is 3. The summed E-state index contributed by atoms with van der Waals surface area (Å²) in [5, 5.41) is 8.50. The SMILES string of the molecule is O=C(O)Cc1cc(OC(F)(F)F)c(=O)[nH]c1CF. The number of carbonyl (C=O) groups is 1. The minimum atomic E-state index is -5.09. The number of nitrogens with one attached hydrogen (secondary N) is 1. The van der Waals surface area contributed by atoms with Gasteiger partial charge in [-0.05, 0) is 11.6 Å². The summed E-state index contributed by atoms with van der Waals surface area (Å²) in [7, 11) is 0. The summed E-state index contributed by atoms with van der Waals surface area (Å²) >= 11 is 0. The molecule has 0 aliphatic rings. The molecule has 9 heteroatoms. The van der Waals surface area contributed by atoms with Crippen molar-refractivity contribution >= 4 is 5.97 Å². The van der Waals surface area contributed by atoms with Crippen molar-refractivity contribution in [2.24, 2.45) is 0 Å². The molecule has 1 rings (SSSR count). The lowest BCUT2D eigenvalue weighted by Gasteiger charge is -2.10. The van der Waals surface area contributed by atoms with Gasteiger partial charge in [0.1, 0.15) is 6.67 Å². The minimum Gasteiger partial charge on any atom is -0.481 e. The summed E-state index contributed by atoms with van der Waals surface area (Å²) in [6.07, 6.45) is -5.82. The zero-order valence-corrected chi connectivity index (χ0v) is 8.68. The van der Waals surface area contributed by atoms with Crippen molar-refractivity contribution < 1.29 is 32.2 Å². The van der Waals surface area contributed by atoms with E-state index < -0.39 is 42.4 Å². The van der Waals surface area contributed by atoms with E-state index in [2.05, 4.69) is 4.74 Å². The predicted octanol–water partition coefficient (Wildman–Crippen LogP) is 1.37. The van der Waals surface area contributed by atoms with Gasteiger partial charge < -0.3 is 14.8 Å². The average Bonchev–Trinajstić information content (AvgIpc) is 2.19. The number of H-pyrrole nitrogens is 1. The number of carboxylic acids is 1. The van der Waals surface area contributed by atoms with Gasteiger partial charge in [0, 0.05) is 0 Å². The molecule has 0 aliphatic carbocycles. The monoisotopic (exact) mass is 269 g/mol. The molecule has 0 atom stereocenters. The number of hydrogen-bond donors (Lipinski definition) is 2. The molecule has 5 nitrogen and oxygen atoms in total. The number of ether oxygens (including phenoxy) is 1.